The number of carbonyl (C=O) groups excluding carboxylic acids is 2. The van der Waals surface area contributed by atoms with Crippen LogP contribution in [0.2, 0.25) is 0 Å². The first-order valence-corrected chi connectivity index (χ1v) is 5.51. The average Bonchev–Trinajstić information content (AvgIpc) is 1.93. The molecule has 5 nitrogen and oxygen atoms in total. The van der Waals surface area contributed by atoms with Gasteiger partial charge in [-0.2, -0.15) is 0 Å². The minimum Gasteiger partial charge on any atom is -0.456 e. The average molecular weight is 241 g/mol. The monoisotopic (exact) mass is 241 g/mol. The Labute approximate surface area is 101 Å². The van der Waals surface area contributed by atoms with Crippen molar-refractivity contribution in [3.05, 3.63) is 11.8 Å². The Morgan fingerprint density at radius 2 is 1.94 bits per heavy atom. The molecule has 0 unspecified atom stereocenters. The van der Waals surface area contributed by atoms with Crippen LogP contribution in [0.4, 0.5) is 0 Å². The number of hydrogen-bond donors (Lipinski definition) is 1. The largest absolute Gasteiger partial charge is 0.456 e. The Morgan fingerprint density at radius 1 is 1.35 bits per heavy atom. The van der Waals surface area contributed by atoms with Crippen molar-refractivity contribution in [2.75, 3.05) is 0 Å². The van der Waals surface area contributed by atoms with E-state index >= 15 is 0 Å². The molecule has 96 valence electrons. The summed E-state index contributed by atoms with van der Waals surface area (Å²) < 4.78 is 10.3. The second-order valence-electron chi connectivity index (χ2n) is 5.51. The molecule has 0 aromatic rings. The molecular formula is C12H19NO4. The first-order chi connectivity index (χ1) is 7.57. The molecule has 17 heavy (non-hydrogen) atoms. The SMILES string of the molecule is CC(C)(C)NC(=O)CC1=CC(=O)OC(C)(C)O1. The van der Waals surface area contributed by atoms with Crippen LogP contribution in [0.1, 0.15) is 41.0 Å². The van der Waals surface area contributed by atoms with E-state index < -0.39 is 11.8 Å². The maximum Gasteiger partial charge on any atom is 0.337 e. The summed E-state index contributed by atoms with van der Waals surface area (Å²) in [5, 5.41) is 2.80. The van der Waals surface area contributed by atoms with Crippen molar-refractivity contribution in [3.8, 4) is 0 Å². The molecule has 1 aliphatic heterocycles. The van der Waals surface area contributed by atoms with Gasteiger partial charge in [0.15, 0.2) is 0 Å². The summed E-state index contributed by atoms with van der Waals surface area (Å²) in [5.41, 5.74) is -0.303. The summed E-state index contributed by atoms with van der Waals surface area (Å²) in [6.45, 7) is 8.91. The van der Waals surface area contributed by atoms with Crippen molar-refractivity contribution in [2.45, 2.75) is 52.4 Å². The Balaban J connectivity index is 2.63. The summed E-state index contributed by atoms with van der Waals surface area (Å²) >= 11 is 0. The molecule has 5 heteroatoms. The number of esters is 1. The van der Waals surface area contributed by atoms with Gasteiger partial charge in [-0.1, -0.05) is 0 Å². The number of cyclic esters (lactones) is 1. The lowest BCUT2D eigenvalue weighted by Gasteiger charge is -2.30. The quantitative estimate of drug-likeness (QED) is 0.744. The van der Waals surface area contributed by atoms with Gasteiger partial charge in [0.1, 0.15) is 5.76 Å². The number of nitrogens with one attached hydrogen (secondary N) is 1. The summed E-state index contributed by atoms with van der Waals surface area (Å²) in [4.78, 5) is 22.9. The topological polar surface area (TPSA) is 64.6 Å². The van der Waals surface area contributed by atoms with Crippen LogP contribution < -0.4 is 5.32 Å². The third-order valence-electron chi connectivity index (χ3n) is 1.85. The van der Waals surface area contributed by atoms with E-state index in [9.17, 15) is 9.59 Å². The van der Waals surface area contributed by atoms with E-state index in [1.807, 2.05) is 20.8 Å². The standard InChI is InChI=1S/C12H19NO4/c1-11(2,3)13-9(14)6-8-7-10(15)17-12(4,5)16-8/h7H,6H2,1-5H3,(H,13,14). The van der Waals surface area contributed by atoms with Gasteiger partial charge in [0.2, 0.25) is 11.7 Å². The van der Waals surface area contributed by atoms with Gasteiger partial charge >= 0.3 is 5.97 Å². The lowest BCUT2D eigenvalue weighted by Crippen LogP contribution is -2.42. The van der Waals surface area contributed by atoms with Crippen LogP contribution in [-0.4, -0.2) is 23.2 Å². The molecular weight excluding hydrogens is 222 g/mol. The number of ether oxygens (including phenoxy) is 2. The zero-order valence-corrected chi connectivity index (χ0v) is 10.9. The zero-order valence-electron chi connectivity index (χ0n) is 10.9. The minimum absolute atomic E-state index is 0.0375. The molecule has 1 amide bonds. The van der Waals surface area contributed by atoms with Crippen LogP contribution in [-0.2, 0) is 19.1 Å². The number of carbonyl (C=O) groups is 2. The van der Waals surface area contributed by atoms with E-state index in [-0.39, 0.29) is 17.9 Å². The van der Waals surface area contributed by atoms with Gasteiger partial charge in [-0.3, -0.25) is 4.79 Å². The highest BCUT2D eigenvalue weighted by Crippen LogP contribution is 2.23. The highest BCUT2D eigenvalue weighted by atomic mass is 16.7. The van der Waals surface area contributed by atoms with E-state index in [0.29, 0.717) is 5.76 Å². The van der Waals surface area contributed by atoms with Crippen molar-refractivity contribution < 1.29 is 19.1 Å². The highest BCUT2D eigenvalue weighted by molar-refractivity contribution is 5.86. The molecule has 1 aliphatic rings. The second-order valence-corrected chi connectivity index (χ2v) is 5.51. The van der Waals surface area contributed by atoms with E-state index in [4.69, 9.17) is 9.47 Å². The predicted octanol–water partition coefficient (Wildman–Crippen LogP) is 1.48. The first-order valence-electron chi connectivity index (χ1n) is 5.51. The third kappa shape index (κ3) is 4.89. The third-order valence-corrected chi connectivity index (χ3v) is 1.85. The Hall–Kier alpha value is -1.52. The second kappa shape index (κ2) is 4.39. The predicted molar refractivity (Wildman–Crippen MR) is 61.9 cm³/mol. The fraction of sp³-hybridized carbons (Fsp3) is 0.667. The van der Waals surface area contributed by atoms with Crippen molar-refractivity contribution in [2.24, 2.45) is 0 Å². The van der Waals surface area contributed by atoms with Crippen LogP contribution in [0.5, 0.6) is 0 Å². The Bertz CT molecular complexity index is 363. The van der Waals surface area contributed by atoms with Crippen LogP contribution in [0.25, 0.3) is 0 Å². The lowest BCUT2D eigenvalue weighted by molar-refractivity contribution is -0.205. The molecule has 0 fully saturated rings. The van der Waals surface area contributed by atoms with E-state index in [1.165, 1.54) is 6.08 Å². The molecule has 0 atom stereocenters. The van der Waals surface area contributed by atoms with Gasteiger partial charge in [-0.05, 0) is 20.8 Å². The van der Waals surface area contributed by atoms with Gasteiger partial charge < -0.3 is 14.8 Å². The summed E-state index contributed by atoms with van der Waals surface area (Å²) in [7, 11) is 0. The number of hydrogen-bond acceptors (Lipinski definition) is 4. The molecule has 0 spiro atoms. The highest BCUT2D eigenvalue weighted by Gasteiger charge is 2.31. The van der Waals surface area contributed by atoms with Gasteiger partial charge in [0, 0.05) is 19.4 Å². The van der Waals surface area contributed by atoms with E-state index in [1.54, 1.807) is 13.8 Å². The van der Waals surface area contributed by atoms with Crippen LogP contribution >= 0.6 is 0 Å². The summed E-state index contributed by atoms with van der Waals surface area (Å²) in [5.74, 6) is -1.36. The molecule has 0 bridgehead atoms. The van der Waals surface area contributed by atoms with Crippen LogP contribution in [0.15, 0.2) is 11.8 Å². The zero-order chi connectivity index (χ0) is 13.3. The summed E-state index contributed by atoms with van der Waals surface area (Å²) in [6.07, 6.45) is 1.24. The molecule has 0 saturated heterocycles. The van der Waals surface area contributed by atoms with Crippen molar-refractivity contribution in [1.82, 2.24) is 5.32 Å². The van der Waals surface area contributed by atoms with Gasteiger partial charge in [0.05, 0.1) is 12.5 Å². The molecule has 0 aliphatic carbocycles. The smallest absolute Gasteiger partial charge is 0.337 e. The van der Waals surface area contributed by atoms with E-state index in [0.717, 1.165) is 0 Å². The molecule has 0 aromatic heterocycles. The summed E-state index contributed by atoms with van der Waals surface area (Å²) in [6, 6.07) is 0. The van der Waals surface area contributed by atoms with E-state index in [2.05, 4.69) is 5.32 Å². The van der Waals surface area contributed by atoms with Crippen LogP contribution in [0.3, 0.4) is 0 Å². The molecule has 1 rings (SSSR count). The fourth-order valence-electron chi connectivity index (χ4n) is 1.48. The molecule has 0 saturated carbocycles. The molecule has 1 heterocycles. The number of amides is 1. The van der Waals surface area contributed by atoms with Gasteiger partial charge in [0.25, 0.3) is 0 Å². The minimum atomic E-state index is -1.01. The normalized spacial score (nSPS) is 18.9. The molecule has 0 aromatic carbocycles. The van der Waals surface area contributed by atoms with Gasteiger partial charge in [-0.25, -0.2) is 4.79 Å². The lowest BCUT2D eigenvalue weighted by atomic mass is 10.1. The number of rotatable bonds is 2. The van der Waals surface area contributed by atoms with Crippen molar-refractivity contribution >= 4 is 11.9 Å². The maximum atomic E-state index is 11.7. The van der Waals surface area contributed by atoms with Crippen molar-refractivity contribution in [1.29, 1.82) is 0 Å². The van der Waals surface area contributed by atoms with Crippen LogP contribution in [0, 0.1) is 0 Å². The maximum absolute atomic E-state index is 11.7. The molecule has 1 N–H and O–H groups in total. The van der Waals surface area contributed by atoms with Gasteiger partial charge in [-0.15, -0.1) is 0 Å². The Kier molecular flexibility index (Phi) is 3.50. The Morgan fingerprint density at radius 3 is 2.41 bits per heavy atom. The molecule has 0 radical (unpaired) electrons. The fourth-order valence-corrected chi connectivity index (χ4v) is 1.48. The first kappa shape index (κ1) is 13.5. The van der Waals surface area contributed by atoms with Crippen molar-refractivity contribution in [3.63, 3.8) is 0 Å².